The SMILES string of the molecule is Cn1cc(C2CCCCC2)c2ccc(Nc3ccc4c(c3)OCO4)cc21. The zero-order valence-electron chi connectivity index (χ0n) is 15.1. The number of hydrogen-bond acceptors (Lipinski definition) is 3. The Balaban J connectivity index is 1.45. The fourth-order valence-corrected chi connectivity index (χ4v) is 4.37. The molecule has 0 atom stereocenters. The number of benzene rings is 2. The number of nitrogens with one attached hydrogen (secondary N) is 1. The minimum Gasteiger partial charge on any atom is -0.454 e. The second-order valence-corrected chi connectivity index (χ2v) is 7.46. The number of aromatic nitrogens is 1. The summed E-state index contributed by atoms with van der Waals surface area (Å²) in [6, 6.07) is 12.7. The molecule has 134 valence electrons. The van der Waals surface area contributed by atoms with Gasteiger partial charge in [0, 0.05) is 36.1 Å². The lowest BCUT2D eigenvalue weighted by atomic mass is 9.84. The average molecular weight is 348 g/mol. The van der Waals surface area contributed by atoms with Crippen LogP contribution >= 0.6 is 0 Å². The van der Waals surface area contributed by atoms with Crippen molar-refractivity contribution in [1.82, 2.24) is 4.57 Å². The van der Waals surface area contributed by atoms with Gasteiger partial charge in [-0.3, -0.25) is 0 Å². The van der Waals surface area contributed by atoms with Gasteiger partial charge in [-0.15, -0.1) is 0 Å². The molecular formula is C22H24N2O2. The monoisotopic (exact) mass is 348 g/mol. The summed E-state index contributed by atoms with van der Waals surface area (Å²) < 4.78 is 13.1. The third-order valence-electron chi connectivity index (χ3n) is 5.73. The normalized spacial score (nSPS) is 17.0. The summed E-state index contributed by atoms with van der Waals surface area (Å²) in [5.74, 6) is 2.33. The van der Waals surface area contributed by atoms with E-state index in [2.05, 4.69) is 41.3 Å². The van der Waals surface area contributed by atoms with Crippen LogP contribution in [-0.2, 0) is 7.05 Å². The highest BCUT2D eigenvalue weighted by Gasteiger charge is 2.20. The molecule has 3 aromatic rings. The van der Waals surface area contributed by atoms with Crippen LogP contribution in [0.4, 0.5) is 11.4 Å². The minimum atomic E-state index is 0.304. The van der Waals surface area contributed by atoms with Crippen LogP contribution in [0.15, 0.2) is 42.6 Å². The Kier molecular flexibility index (Phi) is 3.77. The molecule has 1 N–H and O–H groups in total. The molecule has 26 heavy (non-hydrogen) atoms. The summed E-state index contributed by atoms with van der Waals surface area (Å²) in [7, 11) is 2.15. The average Bonchev–Trinajstić information content (AvgIpc) is 3.27. The highest BCUT2D eigenvalue weighted by atomic mass is 16.7. The van der Waals surface area contributed by atoms with E-state index in [0.717, 1.165) is 28.8 Å². The van der Waals surface area contributed by atoms with Crippen LogP contribution in [0.3, 0.4) is 0 Å². The Morgan fingerprint density at radius 2 is 1.69 bits per heavy atom. The molecule has 0 radical (unpaired) electrons. The Morgan fingerprint density at radius 1 is 0.923 bits per heavy atom. The third kappa shape index (κ3) is 2.70. The first-order chi connectivity index (χ1) is 12.8. The Labute approximate surface area is 153 Å². The maximum absolute atomic E-state index is 5.47. The zero-order valence-corrected chi connectivity index (χ0v) is 15.1. The second-order valence-electron chi connectivity index (χ2n) is 7.46. The van der Waals surface area contributed by atoms with Gasteiger partial charge in [-0.25, -0.2) is 0 Å². The van der Waals surface area contributed by atoms with Gasteiger partial charge >= 0.3 is 0 Å². The van der Waals surface area contributed by atoms with E-state index in [-0.39, 0.29) is 0 Å². The molecule has 0 bridgehead atoms. The van der Waals surface area contributed by atoms with Gasteiger partial charge in [0.1, 0.15) is 0 Å². The van der Waals surface area contributed by atoms with E-state index >= 15 is 0 Å². The van der Waals surface area contributed by atoms with Gasteiger partial charge in [0.25, 0.3) is 0 Å². The molecule has 2 aromatic carbocycles. The van der Waals surface area contributed by atoms with Gasteiger partial charge in [0.05, 0.1) is 5.52 Å². The molecule has 2 heterocycles. The van der Waals surface area contributed by atoms with Crippen molar-refractivity contribution in [3.8, 4) is 11.5 Å². The standard InChI is InChI=1S/C22H24N2O2/c1-24-13-19(15-5-3-2-4-6-15)18-9-7-16(11-20(18)24)23-17-8-10-21-22(12-17)26-14-25-21/h7-13,15,23H,2-6,14H2,1H3. The highest BCUT2D eigenvalue weighted by Crippen LogP contribution is 2.39. The van der Waals surface area contributed by atoms with Crippen molar-refractivity contribution in [3.63, 3.8) is 0 Å². The summed E-state index contributed by atoms with van der Waals surface area (Å²) in [6.45, 7) is 0.304. The van der Waals surface area contributed by atoms with E-state index in [9.17, 15) is 0 Å². The number of aryl methyl sites for hydroxylation is 1. The van der Waals surface area contributed by atoms with Crippen molar-refractivity contribution in [2.75, 3.05) is 12.1 Å². The smallest absolute Gasteiger partial charge is 0.231 e. The molecule has 0 amide bonds. The molecule has 1 fully saturated rings. The van der Waals surface area contributed by atoms with E-state index in [1.165, 1.54) is 48.6 Å². The number of hydrogen-bond donors (Lipinski definition) is 1. The first-order valence-electron chi connectivity index (χ1n) is 9.53. The van der Waals surface area contributed by atoms with Crippen molar-refractivity contribution in [1.29, 1.82) is 0 Å². The third-order valence-corrected chi connectivity index (χ3v) is 5.73. The number of ether oxygens (including phenoxy) is 2. The van der Waals surface area contributed by atoms with Crippen molar-refractivity contribution in [2.45, 2.75) is 38.0 Å². The molecule has 4 heteroatoms. The first-order valence-corrected chi connectivity index (χ1v) is 9.53. The Hall–Kier alpha value is -2.62. The van der Waals surface area contributed by atoms with Crippen LogP contribution in [-0.4, -0.2) is 11.4 Å². The summed E-state index contributed by atoms with van der Waals surface area (Å²) in [5.41, 5.74) is 4.91. The second kappa shape index (κ2) is 6.27. The first kappa shape index (κ1) is 15.6. The van der Waals surface area contributed by atoms with E-state index < -0.39 is 0 Å². The molecule has 1 aliphatic heterocycles. The molecule has 0 spiro atoms. The Morgan fingerprint density at radius 3 is 2.58 bits per heavy atom. The number of fused-ring (bicyclic) bond motifs is 2. The van der Waals surface area contributed by atoms with Crippen molar-refractivity contribution in [3.05, 3.63) is 48.2 Å². The fourth-order valence-electron chi connectivity index (χ4n) is 4.37. The number of anilines is 2. The fraction of sp³-hybridized carbons (Fsp3) is 0.364. The lowest BCUT2D eigenvalue weighted by Crippen LogP contribution is -2.03. The van der Waals surface area contributed by atoms with Crippen molar-refractivity contribution in [2.24, 2.45) is 7.05 Å². The van der Waals surface area contributed by atoms with Crippen LogP contribution in [0, 0.1) is 0 Å². The van der Waals surface area contributed by atoms with Crippen molar-refractivity contribution >= 4 is 22.3 Å². The lowest BCUT2D eigenvalue weighted by molar-refractivity contribution is 0.174. The predicted octanol–water partition coefficient (Wildman–Crippen LogP) is 5.70. The quantitative estimate of drug-likeness (QED) is 0.659. The van der Waals surface area contributed by atoms with Crippen LogP contribution < -0.4 is 14.8 Å². The van der Waals surface area contributed by atoms with Crippen LogP contribution in [0.25, 0.3) is 10.9 Å². The van der Waals surface area contributed by atoms with Gasteiger partial charge in [-0.2, -0.15) is 0 Å². The molecule has 1 saturated carbocycles. The highest BCUT2D eigenvalue weighted by molar-refractivity contribution is 5.88. The molecule has 0 unspecified atom stereocenters. The van der Waals surface area contributed by atoms with Gasteiger partial charge < -0.3 is 19.4 Å². The summed E-state index contributed by atoms with van der Waals surface area (Å²) in [4.78, 5) is 0. The summed E-state index contributed by atoms with van der Waals surface area (Å²) >= 11 is 0. The van der Waals surface area contributed by atoms with Crippen LogP contribution in [0.1, 0.15) is 43.6 Å². The number of rotatable bonds is 3. The number of nitrogens with zero attached hydrogens (tertiary/aromatic N) is 1. The maximum Gasteiger partial charge on any atom is 0.231 e. The molecule has 5 rings (SSSR count). The lowest BCUT2D eigenvalue weighted by Gasteiger charge is -2.21. The summed E-state index contributed by atoms with van der Waals surface area (Å²) in [5, 5.41) is 4.89. The van der Waals surface area contributed by atoms with E-state index in [1.54, 1.807) is 0 Å². The van der Waals surface area contributed by atoms with E-state index in [1.807, 2.05) is 18.2 Å². The van der Waals surface area contributed by atoms with Crippen LogP contribution in [0.2, 0.25) is 0 Å². The molecule has 1 aromatic heterocycles. The Bertz CT molecular complexity index is 954. The topological polar surface area (TPSA) is 35.4 Å². The van der Waals surface area contributed by atoms with Gasteiger partial charge in [-0.1, -0.05) is 25.3 Å². The van der Waals surface area contributed by atoms with Gasteiger partial charge in [0.2, 0.25) is 6.79 Å². The molecule has 2 aliphatic rings. The van der Waals surface area contributed by atoms with Gasteiger partial charge in [0.15, 0.2) is 11.5 Å². The van der Waals surface area contributed by atoms with E-state index in [0.29, 0.717) is 6.79 Å². The zero-order chi connectivity index (χ0) is 17.5. The van der Waals surface area contributed by atoms with Crippen molar-refractivity contribution < 1.29 is 9.47 Å². The minimum absolute atomic E-state index is 0.304. The molecule has 1 aliphatic carbocycles. The van der Waals surface area contributed by atoms with Crippen LogP contribution in [0.5, 0.6) is 11.5 Å². The predicted molar refractivity (Wildman–Crippen MR) is 105 cm³/mol. The largest absolute Gasteiger partial charge is 0.454 e. The summed E-state index contributed by atoms with van der Waals surface area (Å²) in [6.07, 6.45) is 9.12. The maximum atomic E-state index is 5.47. The van der Waals surface area contributed by atoms with Gasteiger partial charge in [-0.05, 0) is 48.6 Å². The molecule has 4 nitrogen and oxygen atoms in total. The molecular weight excluding hydrogens is 324 g/mol. The molecule has 0 saturated heterocycles. The van der Waals surface area contributed by atoms with E-state index in [4.69, 9.17) is 9.47 Å².